The molecule has 122 valence electrons. The van der Waals surface area contributed by atoms with Crippen molar-refractivity contribution in [1.82, 2.24) is 9.97 Å². The fraction of sp³-hybridized carbons (Fsp3) is 0.529. The molecule has 22 heavy (non-hydrogen) atoms. The Bertz CT molecular complexity index is 619. The van der Waals surface area contributed by atoms with Crippen LogP contribution in [0.5, 0.6) is 6.01 Å². The van der Waals surface area contributed by atoms with Gasteiger partial charge in [-0.3, -0.25) is 0 Å². The van der Waals surface area contributed by atoms with Crippen molar-refractivity contribution in [1.29, 1.82) is 0 Å². The lowest BCUT2D eigenvalue weighted by Gasteiger charge is -2.35. The SMILES string of the molecule is COC(C)(C)C(C)(C)O.COc1ncc2cc(C)ccc2n1. The summed E-state index contributed by atoms with van der Waals surface area (Å²) in [6, 6.07) is 6.45. The van der Waals surface area contributed by atoms with Crippen LogP contribution in [0.4, 0.5) is 0 Å². The number of rotatable bonds is 3. The van der Waals surface area contributed by atoms with Gasteiger partial charge >= 0.3 is 6.01 Å². The van der Waals surface area contributed by atoms with Gasteiger partial charge < -0.3 is 14.6 Å². The number of aromatic nitrogens is 2. The normalized spacial score (nSPS) is 11.8. The zero-order valence-corrected chi connectivity index (χ0v) is 14.5. The first-order valence-electron chi connectivity index (χ1n) is 7.15. The molecule has 0 radical (unpaired) electrons. The smallest absolute Gasteiger partial charge is 0.316 e. The zero-order chi connectivity index (χ0) is 17.0. The van der Waals surface area contributed by atoms with Crippen molar-refractivity contribution in [3.05, 3.63) is 30.0 Å². The maximum Gasteiger partial charge on any atom is 0.316 e. The monoisotopic (exact) mass is 306 g/mol. The Kier molecular flexibility index (Phi) is 5.85. The fourth-order valence-corrected chi connectivity index (χ4v) is 1.48. The van der Waals surface area contributed by atoms with Crippen LogP contribution in [0.25, 0.3) is 10.9 Å². The third-order valence-electron chi connectivity index (χ3n) is 3.88. The number of fused-ring (bicyclic) bond motifs is 1. The van der Waals surface area contributed by atoms with E-state index < -0.39 is 11.2 Å². The Morgan fingerprint density at radius 1 is 1.09 bits per heavy atom. The van der Waals surface area contributed by atoms with Crippen LogP contribution in [0, 0.1) is 6.92 Å². The van der Waals surface area contributed by atoms with Gasteiger partial charge in [0.2, 0.25) is 0 Å². The van der Waals surface area contributed by atoms with E-state index >= 15 is 0 Å². The maximum atomic E-state index is 9.42. The molecule has 2 aromatic rings. The van der Waals surface area contributed by atoms with Crippen molar-refractivity contribution in [3.8, 4) is 6.01 Å². The van der Waals surface area contributed by atoms with Gasteiger partial charge in [-0.05, 0) is 46.8 Å². The van der Waals surface area contributed by atoms with E-state index in [0.29, 0.717) is 6.01 Å². The van der Waals surface area contributed by atoms with E-state index in [9.17, 15) is 5.11 Å². The lowest BCUT2D eigenvalue weighted by atomic mass is 9.90. The predicted molar refractivity (Wildman–Crippen MR) is 88.2 cm³/mol. The second kappa shape index (κ2) is 7.03. The van der Waals surface area contributed by atoms with Crippen LogP contribution in [0.15, 0.2) is 24.4 Å². The number of hydrogen-bond donors (Lipinski definition) is 1. The van der Waals surface area contributed by atoms with Gasteiger partial charge in [-0.25, -0.2) is 4.98 Å². The summed E-state index contributed by atoms with van der Waals surface area (Å²) in [5.74, 6) is 0. The molecule has 0 bridgehead atoms. The van der Waals surface area contributed by atoms with Gasteiger partial charge in [0.25, 0.3) is 0 Å². The highest BCUT2D eigenvalue weighted by atomic mass is 16.5. The minimum absolute atomic E-state index is 0.413. The lowest BCUT2D eigenvalue weighted by molar-refractivity contribution is -0.129. The van der Waals surface area contributed by atoms with E-state index in [0.717, 1.165) is 10.9 Å². The maximum absolute atomic E-state index is 9.42. The van der Waals surface area contributed by atoms with Crippen LogP contribution in [0.3, 0.4) is 0 Å². The Morgan fingerprint density at radius 3 is 2.18 bits per heavy atom. The van der Waals surface area contributed by atoms with Gasteiger partial charge in [0, 0.05) is 18.7 Å². The van der Waals surface area contributed by atoms with Crippen LogP contribution >= 0.6 is 0 Å². The molecule has 0 spiro atoms. The third-order valence-corrected chi connectivity index (χ3v) is 3.88. The Labute approximate surface area is 132 Å². The topological polar surface area (TPSA) is 64.5 Å². The second-order valence-electron chi connectivity index (χ2n) is 6.19. The molecule has 1 aromatic carbocycles. The molecule has 2 rings (SSSR count). The van der Waals surface area contributed by atoms with Crippen molar-refractivity contribution in [2.45, 2.75) is 45.8 Å². The molecule has 0 amide bonds. The lowest BCUT2D eigenvalue weighted by Crippen LogP contribution is -2.46. The average Bonchev–Trinajstić information content (AvgIpc) is 2.46. The van der Waals surface area contributed by atoms with Crippen molar-refractivity contribution in [3.63, 3.8) is 0 Å². The molecule has 1 heterocycles. The largest absolute Gasteiger partial charge is 0.467 e. The van der Waals surface area contributed by atoms with Crippen LogP contribution < -0.4 is 4.74 Å². The van der Waals surface area contributed by atoms with Gasteiger partial charge in [0.05, 0.1) is 23.8 Å². The number of hydrogen-bond acceptors (Lipinski definition) is 5. The molecule has 0 aliphatic heterocycles. The number of benzene rings is 1. The average molecular weight is 306 g/mol. The quantitative estimate of drug-likeness (QED) is 0.944. The number of ether oxygens (including phenoxy) is 2. The standard InChI is InChI=1S/C10H10N2O.C7H16O2/c1-7-3-4-9-8(5-7)6-11-10(12-9)13-2;1-6(2,8)7(3,4)9-5/h3-6H,1-2H3;8H,1-5H3. The molecule has 1 aromatic heterocycles. The van der Waals surface area contributed by atoms with Gasteiger partial charge in [0.15, 0.2) is 0 Å². The molecule has 0 fully saturated rings. The number of aryl methyl sites for hydroxylation is 1. The molecule has 5 heteroatoms. The zero-order valence-electron chi connectivity index (χ0n) is 14.5. The molecular formula is C17H26N2O3. The van der Waals surface area contributed by atoms with E-state index in [2.05, 4.69) is 16.0 Å². The summed E-state index contributed by atoms with van der Waals surface area (Å²) in [7, 11) is 3.16. The molecule has 0 saturated heterocycles. The summed E-state index contributed by atoms with van der Waals surface area (Å²) < 4.78 is 9.98. The Hall–Kier alpha value is -1.72. The first kappa shape index (κ1) is 18.3. The first-order valence-corrected chi connectivity index (χ1v) is 7.15. The van der Waals surface area contributed by atoms with Gasteiger partial charge in [-0.1, -0.05) is 11.6 Å². The predicted octanol–water partition coefficient (Wildman–Crippen LogP) is 3.13. The van der Waals surface area contributed by atoms with E-state index in [1.807, 2.05) is 32.9 Å². The fourth-order valence-electron chi connectivity index (χ4n) is 1.48. The van der Waals surface area contributed by atoms with Crippen molar-refractivity contribution in [2.75, 3.05) is 14.2 Å². The summed E-state index contributed by atoms with van der Waals surface area (Å²) in [5, 5.41) is 10.5. The van der Waals surface area contributed by atoms with Gasteiger partial charge in [0.1, 0.15) is 0 Å². The number of aliphatic hydroxyl groups is 1. The molecule has 0 aliphatic rings. The van der Waals surface area contributed by atoms with Crippen LogP contribution in [-0.4, -0.2) is 40.5 Å². The molecule has 0 unspecified atom stereocenters. The summed E-state index contributed by atoms with van der Waals surface area (Å²) in [6.07, 6.45) is 1.77. The number of methoxy groups -OCH3 is 2. The van der Waals surface area contributed by atoms with Gasteiger partial charge in [-0.15, -0.1) is 0 Å². The van der Waals surface area contributed by atoms with Crippen molar-refractivity contribution in [2.24, 2.45) is 0 Å². The highest BCUT2D eigenvalue weighted by Crippen LogP contribution is 2.23. The minimum Gasteiger partial charge on any atom is -0.467 e. The van der Waals surface area contributed by atoms with Crippen LogP contribution in [-0.2, 0) is 4.74 Å². The van der Waals surface area contributed by atoms with E-state index in [-0.39, 0.29) is 0 Å². The van der Waals surface area contributed by atoms with E-state index in [1.54, 1.807) is 34.3 Å². The minimum atomic E-state index is -0.776. The van der Waals surface area contributed by atoms with Crippen molar-refractivity contribution < 1.29 is 14.6 Å². The number of nitrogens with zero attached hydrogens (tertiary/aromatic N) is 2. The highest BCUT2D eigenvalue weighted by Gasteiger charge is 2.34. The summed E-state index contributed by atoms with van der Waals surface area (Å²) >= 11 is 0. The summed E-state index contributed by atoms with van der Waals surface area (Å²) in [5.41, 5.74) is 0.882. The van der Waals surface area contributed by atoms with Gasteiger partial charge in [-0.2, -0.15) is 4.98 Å². The summed E-state index contributed by atoms with van der Waals surface area (Å²) in [6.45, 7) is 9.22. The molecule has 5 nitrogen and oxygen atoms in total. The second-order valence-corrected chi connectivity index (χ2v) is 6.19. The van der Waals surface area contributed by atoms with Crippen LogP contribution in [0.1, 0.15) is 33.3 Å². The Morgan fingerprint density at radius 2 is 1.73 bits per heavy atom. The van der Waals surface area contributed by atoms with E-state index in [1.165, 1.54) is 5.56 Å². The highest BCUT2D eigenvalue weighted by molar-refractivity contribution is 5.78. The molecule has 0 saturated carbocycles. The molecule has 1 N–H and O–H groups in total. The van der Waals surface area contributed by atoms with Crippen molar-refractivity contribution >= 4 is 10.9 Å². The van der Waals surface area contributed by atoms with E-state index in [4.69, 9.17) is 9.47 Å². The molecular weight excluding hydrogens is 280 g/mol. The Balaban J connectivity index is 0.000000239. The third kappa shape index (κ3) is 4.64. The van der Waals surface area contributed by atoms with Crippen LogP contribution in [0.2, 0.25) is 0 Å². The first-order chi connectivity index (χ1) is 10.1. The molecule has 0 aliphatic carbocycles. The molecule has 0 atom stereocenters. The summed E-state index contributed by atoms with van der Waals surface area (Å²) in [4.78, 5) is 8.23.